The van der Waals surface area contributed by atoms with Crippen molar-refractivity contribution in [1.82, 2.24) is 9.71 Å². The first-order valence-electron chi connectivity index (χ1n) is 9.89. The van der Waals surface area contributed by atoms with Crippen molar-refractivity contribution >= 4 is 40.6 Å². The normalized spacial score (nSPS) is 10.9. The van der Waals surface area contributed by atoms with E-state index in [1.165, 1.54) is 6.92 Å². The SMILES string of the molecule is CC.CC(=O)Nc1ccc(-c2cnc(-c3ccc(N)cc3)s2)c(SNC(C)(C)C)c1. The molecule has 0 aliphatic carbocycles. The van der Waals surface area contributed by atoms with E-state index in [4.69, 9.17) is 5.73 Å². The van der Waals surface area contributed by atoms with Crippen molar-refractivity contribution in [2.45, 2.75) is 52.0 Å². The first-order valence-corrected chi connectivity index (χ1v) is 11.5. The number of hydrogen-bond donors (Lipinski definition) is 3. The molecule has 0 aliphatic rings. The lowest BCUT2D eigenvalue weighted by atomic mass is 10.1. The minimum atomic E-state index is -0.0871. The summed E-state index contributed by atoms with van der Waals surface area (Å²) in [5.74, 6) is -0.0871. The van der Waals surface area contributed by atoms with E-state index in [1.54, 1.807) is 23.3 Å². The number of hydrogen-bond acceptors (Lipinski definition) is 6. The second-order valence-corrected chi connectivity index (χ2v) is 9.38. The molecule has 0 radical (unpaired) electrons. The predicted molar refractivity (Wildman–Crippen MR) is 132 cm³/mol. The minimum Gasteiger partial charge on any atom is -0.399 e. The highest BCUT2D eigenvalue weighted by Gasteiger charge is 2.15. The van der Waals surface area contributed by atoms with Gasteiger partial charge in [-0.15, -0.1) is 11.3 Å². The van der Waals surface area contributed by atoms with Crippen LogP contribution in [0.25, 0.3) is 21.0 Å². The van der Waals surface area contributed by atoms with Crippen molar-refractivity contribution in [3.63, 3.8) is 0 Å². The summed E-state index contributed by atoms with van der Waals surface area (Å²) in [5, 5.41) is 3.80. The summed E-state index contributed by atoms with van der Waals surface area (Å²) in [6, 6.07) is 13.7. The molecule has 2 aromatic carbocycles. The molecule has 3 aromatic rings. The van der Waals surface area contributed by atoms with Gasteiger partial charge in [-0.1, -0.05) is 19.9 Å². The van der Waals surface area contributed by atoms with Crippen molar-refractivity contribution in [1.29, 1.82) is 0 Å². The molecule has 7 heteroatoms. The van der Waals surface area contributed by atoms with Gasteiger partial charge in [0.1, 0.15) is 5.01 Å². The van der Waals surface area contributed by atoms with E-state index < -0.39 is 0 Å². The highest BCUT2D eigenvalue weighted by molar-refractivity contribution is 7.97. The van der Waals surface area contributed by atoms with Crippen molar-refractivity contribution in [2.75, 3.05) is 11.1 Å². The van der Waals surface area contributed by atoms with Crippen molar-refractivity contribution in [3.8, 4) is 21.0 Å². The molecule has 1 heterocycles. The minimum absolute atomic E-state index is 0.0468. The summed E-state index contributed by atoms with van der Waals surface area (Å²) in [6.45, 7) is 11.9. The first kappa shape index (κ1) is 23.9. The fourth-order valence-electron chi connectivity index (χ4n) is 2.46. The molecular weight excluding hydrogens is 412 g/mol. The number of nitrogens with zero attached hydrogens (tertiary/aromatic N) is 1. The molecule has 0 unspecified atom stereocenters. The molecule has 0 bridgehead atoms. The number of carbonyl (C=O) groups excluding carboxylic acids is 1. The molecule has 0 atom stereocenters. The molecule has 1 aromatic heterocycles. The molecule has 5 nitrogen and oxygen atoms in total. The summed E-state index contributed by atoms with van der Waals surface area (Å²) in [5.41, 5.74) is 9.37. The maximum absolute atomic E-state index is 11.4. The van der Waals surface area contributed by atoms with Crippen LogP contribution in [0.3, 0.4) is 0 Å². The van der Waals surface area contributed by atoms with Crippen LogP contribution in [0.1, 0.15) is 41.5 Å². The van der Waals surface area contributed by atoms with Crippen LogP contribution >= 0.6 is 23.3 Å². The molecular formula is C23H30N4OS2. The van der Waals surface area contributed by atoms with E-state index in [0.717, 1.165) is 37.3 Å². The number of rotatable bonds is 5. The van der Waals surface area contributed by atoms with E-state index in [-0.39, 0.29) is 11.4 Å². The van der Waals surface area contributed by atoms with E-state index in [2.05, 4.69) is 35.8 Å². The van der Waals surface area contributed by atoms with Crippen LogP contribution in [-0.4, -0.2) is 16.4 Å². The summed E-state index contributed by atoms with van der Waals surface area (Å²) >= 11 is 3.19. The van der Waals surface area contributed by atoms with Gasteiger partial charge in [0.2, 0.25) is 5.91 Å². The summed E-state index contributed by atoms with van der Waals surface area (Å²) < 4.78 is 3.45. The third kappa shape index (κ3) is 6.86. The Kier molecular flexibility index (Phi) is 8.46. The van der Waals surface area contributed by atoms with Gasteiger partial charge in [-0.2, -0.15) is 0 Å². The molecule has 3 rings (SSSR count). The number of thiazole rings is 1. The van der Waals surface area contributed by atoms with Gasteiger partial charge in [0.15, 0.2) is 0 Å². The second kappa shape index (κ2) is 10.6. The topological polar surface area (TPSA) is 80.0 Å². The maximum atomic E-state index is 11.4. The van der Waals surface area contributed by atoms with E-state index in [9.17, 15) is 4.79 Å². The Bertz CT molecular complexity index is 976. The highest BCUT2D eigenvalue weighted by atomic mass is 32.2. The number of aromatic nitrogens is 1. The van der Waals surface area contributed by atoms with Gasteiger partial charge in [0.25, 0.3) is 0 Å². The number of amides is 1. The third-order valence-electron chi connectivity index (χ3n) is 3.70. The Morgan fingerprint density at radius 2 is 1.77 bits per heavy atom. The van der Waals surface area contributed by atoms with Crippen LogP contribution in [0.5, 0.6) is 0 Å². The number of benzene rings is 2. The summed E-state index contributed by atoms with van der Waals surface area (Å²) in [7, 11) is 0. The zero-order chi connectivity index (χ0) is 22.3. The Hall–Kier alpha value is -2.35. The average Bonchev–Trinajstić information content (AvgIpc) is 3.17. The zero-order valence-corrected chi connectivity index (χ0v) is 20.0. The van der Waals surface area contributed by atoms with E-state index in [0.29, 0.717) is 0 Å². The molecule has 0 spiro atoms. The van der Waals surface area contributed by atoms with Crippen molar-refractivity contribution in [2.24, 2.45) is 0 Å². The molecule has 0 aliphatic heterocycles. The van der Waals surface area contributed by atoms with Gasteiger partial charge in [-0.25, -0.2) is 4.98 Å². The van der Waals surface area contributed by atoms with E-state index in [1.807, 2.05) is 62.5 Å². The smallest absolute Gasteiger partial charge is 0.221 e. The number of nitrogens with one attached hydrogen (secondary N) is 2. The Morgan fingerprint density at radius 1 is 1.10 bits per heavy atom. The molecule has 0 saturated heterocycles. The van der Waals surface area contributed by atoms with Crippen LogP contribution < -0.4 is 15.8 Å². The summed E-state index contributed by atoms with van der Waals surface area (Å²) in [6.07, 6.45) is 1.89. The van der Waals surface area contributed by atoms with Crippen LogP contribution in [0.2, 0.25) is 0 Å². The predicted octanol–water partition coefficient (Wildman–Crippen LogP) is 6.44. The van der Waals surface area contributed by atoms with Crippen LogP contribution in [0.15, 0.2) is 53.6 Å². The lowest BCUT2D eigenvalue weighted by Gasteiger charge is -2.20. The molecule has 4 N–H and O–H groups in total. The van der Waals surface area contributed by atoms with Gasteiger partial charge < -0.3 is 11.1 Å². The third-order valence-corrected chi connectivity index (χ3v) is 6.05. The van der Waals surface area contributed by atoms with Gasteiger partial charge in [-0.05, 0) is 69.1 Å². The van der Waals surface area contributed by atoms with Gasteiger partial charge in [-0.3, -0.25) is 9.52 Å². The fourth-order valence-corrected chi connectivity index (χ4v) is 4.37. The second-order valence-electron chi connectivity index (χ2n) is 7.50. The lowest BCUT2D eigenvalue weighted by Crippen LogP contribution is -2.29. The van der Waals surface area contributed by atoms with Crippen molar-refractivity contribution in [3.05, 3.63) is 48.7 Å². The Labute approximate surface area is 187 Å². The zero-order valence-electron chi connectivity index (χ0n) is 18.4. The number of nitrogens with two attached hydrogens (primary N) is 1. The molecule has 1 amide bonds. The van der Waals surface area contributed by atoms with Gasteiger partial charge in [0, 0.05) is 46.1 Å². The molecule has 0 saturated carbocycles. The Balaban J connectivity index is 0.00000155. The molecule has 160 valence electrons. The largest absolute Gasteiger partial charge is 0.399 e. The highest BCUT2D eigenvalue weighted by Crippen LogP contribution is 2.38. The lowest BCUT2D eigenvalue weighted by molar-refractivity contribution is -0.114. The molecule has 0 fully saturated rings. The van der Waals surface area contributed by atoms with Crippen LogP contribution in [0.4, 0.5) is 11.4 Å². The van der Waals surface area contributed by atoms with Gasteiger partial charge >= 0.3 is 0 Å². The monoisotopic (exact) mass is 442 g/mol. The standard InChI is InChI=1S/C21H24N4OS2.C2H6/c1-13(26)24-16-9-10-17(18(11-16)28-25-21(2,3)4)19-12-23-20(27-19)14-5-7-15(22)8-6-14;1-2/h5-12,25H,22H2,1-4H3,(H,24,26);1-2H3. The van der Waals surface area contributed by atoms with Crippen LogP contribution in [0, 0.1) is 0 Å². The fraction of sp³-hybridized carbons (Fsp3) is 0.304. The van der Waals surface area contributed by atoms with Crippen molar-refractivity contribution < 1.29 is 4.79 Å². The quantitative estimate of drug-likeness (QED) is 0.313. The van der Waals surface area contributed by atoms with Gasteiger partial charge in [0.05, 0.1) is 4.88 Å². The number of nitrogen functional groups attached to an aromatic ring is 1. The maximum Gasteiger partial charge on any atom is 0.221 e. The first-order chi connectivity index (χ1) is 14.2. The number of carbonyl (C=O) groups is 1. The molecule has 30 heavy (non-hydrogen) atoms. The van der Waals surface area contributed by atoms with Crippen LogP contribution in [-0.2, 0) is 4.79 Å². The number of anilines is 2. The van der Waals surface area contributed by atoms with E-state index >= 15 is 0 Å². The summed E-state index contributed by atoms with van der Waals surface area (Å²) in [4.78, 5) is 18.1. The average molecular weight is 443 g/mol. The Morgan fingerprint density at radius 3 is 2.37 bits per heavy atom.